The van der Waals surface area contributed by atoms with Gasteiger partial charge in [-0.15, -0.1) is 0 Å². The first-order valence-electron chi connectivity index (χ1n) is 12.3. The number of piperidine rings is 1. The molecule has 1 saturated heterocycles. The van der Waals surface area contributed by atoms with Crippen molar-refractivity contribution in [2.45, 2.75) is 57.5 Å². The molecule has 0 radical (unpaired) electrons. The minimum atomic E-state index is -1.40. The van der Waals surface area contributed by atoms with Crippen LogP contribution < -0.4 is 5.32 Å². The number of amides is 2. The highest BCUT2D eigenvalue weighted by Gasteiger charge is 2.57. The molecule has 0 bridgehead atoms. The minimum absolute atomic E-state index is 0.255. The summed E-state index contributed by atoms with van der Waals surface area (Å²) in [7, 11) is 0. The van der Waals surface area contributed by atoms with Gasteiger partial charge in [0.15, 0.2) is 5.54 Å². The topological polar surface area (TPSA) is 72.9 Å². The highest BCUT2D eigenvalue weighted by molar-refractivity contribution is 6.02. The summed E-state index contributed by atoms with van der Waals surface area (Å²) in [5.74, 6) is -0.255. The van der Waals surface area contributed by atoms with Gasteiger partial charge in [0.2, 0.25) is 0 Å². The molecule has 1 aliphatic heterocycles. The summed E-state index contributed by atoms with van der Waals surface area (Å²) in [5, 5.41) is 13.7. The number of carbonyl (C=O) groups is 2. The van der Waals surface area contributed by atoms with Gasteiger partial charge < -0.3 is 15.3 Å². The Bertz CT molecular complexity index is 960. The van der Waals surface area contributed by atoms with E-state index < -0.39 is 11.6 Å². The third-order valence-electron chi connectivity index (χ3n) is 7.03. The molecular weight excluding hydrogens is 414 g/mol. The summed E-state index contributed by atoms with van der Waals surface area (Å²) in [4.78, 5) is 30.9. The number of carboxylic acid groups (broad SMARTS) is 1. The average Bonchev–Trinajstić information content (AvgIpc) is 3.13. The molecule has 1 fully saturated rings. The van der Waals surface area contributed by atoms with Crippen LogP contribution in [-0.4, -0.2) is 59.1 Å². The molecule has 6 nitrogen and oxygen atoms in total. The van der Waals surface area contributed by atoms with Crippen molar-refractivity contribution >= 4 is 12.0 Å². The quantitative estimate of drug-likeness (QED) is 0.614. The van der Waals surface area contributed by atoms with Crippen LogP contribution in [0.4, 0.5) is 4.79 Å². The summed E-state index contributed by atoms with van der Waals surface area (Å²) >= 11 is 0. The lowest BCUT2D eigenvalue weighted by molar-refractivity contribution is -0.132. The zero-order valence-corrected chi connectivity index (χ0v) is 19.7. The van der Waals surface area contributed by atoms with Crippen LogP contribution >= 0.6 is 0 Å². The molecule has 2 amide bonds. The van der Waals surface area contributed by atoms with E-state index in [0.29, 0.717) is 13.1 Å². The molecule has 1 unspecified atom stereocenters. The number of benzene rings is 2. The lowest BCUT2D eigenvalue weighted by Gasteiger charge is -2.47. The van der Waals surface area contributed by atoms with Gasteiger partial charge in [0.1, 0.15) is 0 Å². The number of hydrogen-bond acceptors (Lipinski definition) is 3. The second-order valence-electron chi connectivity index (χ2n) is 9.16. The van der Waals surface area contributed by atoms with E-state index in [4.69, 9.17) is 0 Å². The molecular formula is C27H35N3O3. The smallest absolute Gasteiger partial charge is 0.409 e. The molecule has 1 atom stereocenters. The van der Waals surface area contributed by atoms with E-state index in [1.54, 1.807) is 0 Å². The van der Waals surface area contributed by atoms with Crippen molar-refractivity contribution in [3.05, 3.63) is 59.7 Å². The lowest BCUT2D eigenvalue weighted by atomic mass is 9.82. The maximum absolute atomic E-state index is 14.1. The summed E-state index contributed by atoms with van der Waals surface area (Å²) in [6.07, 6.45) is 3.61. The second kappa shape index (κ2) is 9.96. The van der Waals surface area contributed by atoms with Crippen molar-refractivity contribution in [1.82, 2.24) is 15.1 Å². The van der Waals surface area contributed by atoms with Crippen molar-refractivity contribution < 1.29 is 14.7 Å². The number of rotatable bonds is 8. The van der Waals surface area contributed by atoms with Crippen molar-refractivity contribution in [1.29, 1.82) is 0 Å². The van der Waals surface area contributed by atoms with E-state index >= 15 is 0 Å². The van der Waals surface area contributed by atoms with Crippen molar-refractivity contribution in [2.75, 3.05) is 26.2 Å². The number of carbonyl (C=O) groups excluding carboxylic acids is 1. The normalized spacial score (nSPS) is 18.9. The van der Waals surface area contributed by atoms with E-state index in [9.17, 15) is 14.7 Å². The maximum atomic E-state index is 14.1. The molecule has 2 aromatic rings. The lowest BCUT2D eigenvalue weighted by Crippen LogP contribution is -2.64. The molecule has 2 N–H and O–H groups in total. The second-order valence-corrected chi connectivity index (χ2v) is 9.16. The largest absolute Gasteiger partial charge is 0.465 e. The fraction of sp³-hybridized carbons (Fsp3) is 0.481. The average molecular weight is 450 g/mol. The van der Waals surface area contributed by atoms with Gasteiger partial charge in [0.25, 0.3) is 5.91 Å². The minimum Gasteiger partial charge on any atom is -0.465 e. The number of nitrogens with one attached hydrogen (secondary N) is 1. The molecule has 1 heterocycles. The monoisotopic (exact) mass is 449 g/mol. The van der Waals surface area contributed by atoms with Gasteiger partial charge in [-0.1, -0.05) is 68.8 Å². The first-order chi connectivity index (χ1) is 16.1. The summed E-state index contributed by atoms with van der Waals surface area (Å²) in [6, 6.07) is 15.3. The third-order valence-corrected chi connectivity index (χ3v) is 7.03. The number of fused-ring (bicyclic) bond motifs is 3. The van der Waals surface area contributed by atoms with Crippen LogP contribution in [0, 0.1) is 0 Å². The molecule has 176 valence electrons. The number of likely N-dealkylation sites (tertiary alicyclic amines) is 1. The van der Waals surface area contributed by atoms with Crippen LogP contribution in [0.5, 0.6) is 0 Å². The Kier molecular flexibility index (Phi) is 7.03. The van der Waals surface area contributed by atoms with Gasteiger partial charge >= 0.3 is 6.09 Å². The predicted octanol–water partition coefficient (Wildman–Crippen LogP) is 4.68. The Hall–Kier alpha value is -2.86. The Balaban J connectivity index is 1.88. The van der Waals surface area contributed by atoms with Crippen LogP contribution in [0.2, 0.25) is 0 Å². The van der Waals surface area contributed by atoms with Gasteiger partial charge in [-0.2, -0.15) is 0 Å². The molecule has 33 heavy (non-hydrogen) atoms. The molecule has 0 saturated carbocycles. The number of hydrogen-bond donors (Lipinski definition) is 2. The van der Waals surface area contributed by atoms with Gasteiger partial charge in [-0.25, -0.2) is 4.79 Å². The summed E-state index contributed by atoms with van der Waals surface area (Å²) < 4.78 is 0. The van der Waals surface area contributed by atoms with Gasteiger partial charge in [-0.05, 0) is 61.0 Å². The van der Waals surface area contributed by atoms with Crippen LogP contribution in [-0.2, 0) is 10.3 Å². The predicted molar refractivity (Wildman–Crippen MR) is 130 cm³/mol. The van der Waals surface area contributed by atoms with E-state index in [1.807, 2.05) is 55.5 Å². The SMILES string of the molecule is CCCCN1CCCC(N(C(=O)O)C2(C(=O)NCCC)c3ccccc3-c3ccccc32)C1. The maximum Gasteiger partial charge on any atom is 0.409 e. The highest BCUT2D eigenvalue weighted by Crippen LogP contribution is 2.52. The zero-order valence-electron chi connectivity index (χ0n) is 19.7. The van der Waals surface area contributed by atoms with Gasteiger partial charge in [0, 0.05) is 19.1 Å². The zero-order chi connectivity index (χ0) is 23.4. The van der Waals surface area contributed by atoms with Gasteiger partial charge in [-0.3, -0.25) is 9.69 Å². The van der Waals surface area contributed by atoms with E-state index in [-0.39, 0.29) is 11.9 Å². The first kappa shape index (κ1) is 23.3. The van der Waals surface area contributed by atoms with E-state index in [2.05, 4.69) is 17.1 Å². The molecule has 0 spiro atoms. The molecule has 2 aliphatic rings. The Morgan fingerprint density at radius 2 is 1.70 bits per heavy atom. The van der Waals surface area contributed by atoms with Crippen molar-refractivity contribution in [3.8, 4) is 11.1 Å². The Morgan fingerprint density at radius 3 is 2.27 bits per heavy atom. The van der Waals surface area contributed by atoms with Gasteiger partial charge in [0.05, 0.1) is 0 Å². The van der Waals surface area contributed by atoms with Crippen LogP contribution in [0.15, 0.2) is 48.5 Å². The van der Waals surface area contributed by atoms with Crippen LogP contribution in [0.25, 0.3) is 11.1 Å². The fourth-order valence-corrected chi connectivity index (χ4v) is 5.59. The molecule has 4 rings (SSSR count). The molecule has 2 aromatic carbocycles. The summed E-state index contributed by atoms with van der Waals surface area (Å²) in [6.45, 7) is 7.27. The highest BCUT2D eigenvalue weighted by atomic mass is 16.4. The Morgan fingerprint density at radius 1 is 1.06 bits per heavy atom. The van der Waals surface area contributed by atoms with Crippen LogP contribution in [0.1, 0.15) is 57.1 Å². The van der Waals surface area contributed by atoms with E-state index in [0.717, 1.165) is 67.4 Å². The van der Waals surface area contributed by atoms with Crippen LogP contribution in [0.3, 0.4) is 0 Å². The standard InChI is InChI=1S/C27H35N3O3/c1-3-5-17-29-18-10-11-20(19-29)30(26(32)33)27(25(31)28-16-4-2)23-14-8-6-12-21(23)22-13-7-9-15-24(22)27/h6-9,12-15,20H,3-5,10-11,16-19H2,1-2H3,(H,28,31)(H,32,33). The first-order valence-corrected chi connectivity index (χ1v) is 12.3. The summed E-state index contributed by atoms with van der Waals surface area (Å²) in [5.41, 5.74) is 1.99. The van der Waals surface area contributed by atoms with E-state index in [1.165, 1.54) is 4.90 Å². The third kappa shape index (κ3) is 4.01. The number of unbranched alkanes of at least 4 members (excludes halogenated alkanes) is 1. The van der Waals surface area contributed by atoms with Crippen molar-refractivity contribution in [3.63, 3.8) is 0 Å². The number of nitrogens with zero attached hydrogens (tertiary/aromatic N) is 2. The molecule has 1 aliphatic carbocycles. The molecule has 0 aromatic heterocycles. The molecule has 6 heteroatoms. The fourth-order valence-electron chi connectivity index (χ4n) is 5.59. The van der Waals surface area contributed by atoms with Crippen molar-refractivity contribution in [2.24, 2.45) is 0 Å². The Labute approximate surface area is 196 Å².